The van der Waals surface area contributed by atoms with E-state index in [-0.39, 0.29) is 0 Å². The molecule has 5 nitrogen and oxygen atoms in total. The maximum atomic E-state index is 5.62. The molecule has 0 spiro atoms. The van der Waals surface area contributed by atoms with Gasteiger partial charge in [-0.05, 0) is 29.7 Å². The van der Waals surface area contributed by atoms with Gasteiger partial charge in [0.05, 0.1) is 12.8 Å². The van der Waals surface area contributed by atoms with Gasteiger partial charge in [0, 0.05) is 50.2 Å². The molecule has 1 aliphatic heterocycles. The van der Waals surface area contributed by atoms with Crippen LogP contribution in [0.4, 0.5) is 11.5 Å². The number of nitrogens with zero attached hydrogens (tertiary/aromatic N) is 4. The van der Waals surface area contributed by atoms with Crippen molar-refractivity contribution < 1.29 is 4.74 Å². The average Bonchev–Trinajstić information content (AvgIpc) is 2.68. The first-order valence-electron chi connectivity index (χ1n) is 8.18. The fraction of sp³-hybridized carbons (Fsp3) is 0.263. The van der Waals surface area contributed by atoms with Crippen LogP contribution in [0.15, 0.2) is 55.0 Å². The molecule has 0 aliphatic carbocycles. The summed E-state index contributed by atoms with van der Waals surface area (Å²) < 4.78 is 5.62. The van der Waals surface area contributed by atoms with Gasteiger partial charge in [-0.3, -0.25) is 4.98 Å². The Morgan fingerprint density at radius 3 is 2.50 bits per heavy atom. The van der Waals surface area contributed by atoms with Crippen molar-refractivity contribution in [2.75, 3.05) is 43.1 Å². The summed E-state index contributed by atoms with van der Waals surface area (Å²) in [4.78, 5) is 13.5. The monoisotopic (exact) mass is 320 g/mol. The smallest absolute Gasteiger partial charge is 0.142 e. The zero-order valence-corrected chi connectivity index (χ0v) is 13.7. The molecule has 1 aromatic carbocycles. The predicted molar refractivity (Wildman–Crippen MR) is 97.0 cm³/mol. The number of rotatable bonds is 3. The largest absolute Gasteiger partial charge is 0.495 e. The van der Waals surface area contributed by atoms with E-state index >= 15 is 0 Å². The highest BCUT2D eigenvalue weighted by Crippen LogP contribution is 2.36. The molecule has 2 aromatic heterocycles. The van der Waals surface area contributed by atoms with Gasteiger partial charge in [-0.2, -0.15) is 0 Å². The van der Waals surface area contributed by atoms with E-state index in [0.717, 1.165) is 48.8 Å². The van der Waals surface area contributed by atoms with Crippen LogP contribution in [0.5, 0.6) is 5.75 Å². The Morgan fingerprint density at radius 2 is 1.75 bits per heavy atom. The number of methoxy groups -OCH3 is 1. The Hall–Kier alpha value is -2.82. The normalized spacial score (nSPS) is 14.9. The third-order valence-electron chi connectivity index (χ3n) is 4.55. The summed E-state index contributed by atoms with van der Waals surface area (Å²) >= 11 is 0. The van der Waals surface area contributed by atoms with Crippen molar-refractivity contribution in [3.8, 4) is 5.75 Å². The van der Waals surface area contributed by atoms with Crippen LogP contribution in [0.3, 0.4) is 0 Å². The van der Waals surface area contributed by atoms with Gasteiger partial charge in [-0.25, -0.2) is 4.98 Å². The molecule has 4 rings (SSSR count). The minimum Gasteiger partial charge on any atom is -0.495 e. The number of pyridine rings is 2. The van der Waals surface area contributed by atoms with E-state index in [2.05, 4.69) is 31.9 Å². The van der Waals surface area contributed by atoms with E-state index in [1.807, 2.05) is 42.9 Å². The van der Waals surface area contributed by atoms with Crippen molar-refractivity contribution in [1.29, 1.82) is 0 Å². The Labute approximate surface area is 141 Å². The molecule has 5 heteroatoms. The molecule has 0 N–H and O–H groups in total. The van der Waals surface area contributed by atoms with Gasteiger partial charge in [-0.1, -0.05) is 12.1 Å². The van der Waals surface area contributed by atoms with E-state index in [1.165, 1.54) is 5.39 Å². The lowest BCUT2D eigenvalue weighted by Gasteiger charge is -2.37. The molecule has 122 valence electrons. The van der Waals surface area contributed by atoms with Crippen LogP contribution >= 0.6 is 0 Å². The maximum absolute atomic E-state index is 5.62. The lowest BCUT2D eigenvalue weighted by molar-refractivity contribution is 0.414. The second-order valence-electron chi connectivity index (χ2n) is 5.88. The highest BCUT2D eigenvalue weighted by Gasteiger charge is 2.22. The molecular formula is C19H20N4O. The standard InChI is InChI=1S/C19H20N4O/c1-24-17-6-5-15-7-9-20-14-16(15)19(17)23-12-10-22(11-13-23)18-4-2-3-8-21-18/h2-9,14H,10-13H2,1H3. The zero-order valence-electron chi connectivity index (χ0n) is 13.7. The number of hydrogen-bond donors (Lipinski definition) is 0. The molecule has 1 aliphatic rings. The van der Waals surface area contributed by atoms with Crippen LogP contribution < -0.4 is 14.5 Å². The van der Waals surface area contributed by atoms with Crippen LogP contribution in [0.25, 0.3) is 10.8 Å². The number of fused-ring (bicyclic) bond motifs is 1. The molecule has 0 amide bonds. The maximum Gasteiger partial charge on any atom is 0.142 e. The third-order valence-corrected chi connectivity index (χ3v) is 4.55. The van der Waals surface area contributed by atoms with Crippen molar-refractivity contribution >= 4 is 22.3 Å². The zero-order chi connectivity index (χ0) is 16.4. The van der Waals surface area contributed by atoms with Gasteiger partial charge in [0.15, 0.2) is 0 Å². The quantitative estimate of drug-likeness (QED) is 0.742. The molecule has 0 unspecified atom stereocenters. The molecule has 1 fully saturated rings. The lowest BCUT2D eigenvalue weighted by Crippen LogP contribution is -2.47. The fourth-order valence-electron chi connectivity index (χ4n) is 3.32. The van der Waals surface area contributed by atoms with Crippen molar-refractivity contribution in [2.45, 2.75) is 0 Å². The van der Waals surface area contributed by atoms with Gasteiger partial charge in [0.25, 0.3) is 0 Å². The molecule has 0 bridgehead atoms. The van der Waals surface area contributed by atoms with E-state index in [0.29, 0.717) is 0 Å². The molecule has 0 radical (unpaired) electrons. The van der Waals surface area contributed by atoms with Crippen LogP contribution in [0.1, 0.15) is 0 Å². The molecular weight excluding hydrogens is 300 g/mol. The van der Waals surface area contributed by atoms with E-state index in [9.17, 15) is 0 Å². The van der Waals surface area contributed by atoms with Crippen molar-refractivity contribution in [3.05, 3.63) is 55.0 Å². The molecule has 24 heavy (non-hydrogen) atoms. The topological polar surface area (TPSA) is 41.5 Å². The molecule has 0 atom stereocenters. The van der Waals surface area contributed by atoms with Crippen molar-refractivity contribution in [2.24, 2.45) is 0 Å². The molecule has 3 aromatic rings. The van der Waals surface area contributed by atoms with Crippen LogP contribution in [-0.2, 0) is 0 Å². The van der Waals surface area contributed by atoms with E-state index in [1.54, 1.807) is 7.11 Å². The van der Waals surface area contributed by atoms with Crippen molar-refractivity contribution in [3.63, 3.8) is 0 Å². The molecule has 0 saturated carbocycles. The van der Waals surface area contributed by atoms with Crippen LogP contribution in [0.2, 0.25) is 0 Å². The van der Waals surface area contributed by atoms with Crippen LogP contribution in [0, 0.1) is 0 Å². The van der Waals surface area contributed by atoms with Gasteiger partial charge < -0.3 is 14.5 Å². The van der Waals surface area contributed by atoms with Gasteiger partial charge in [0.1, 0.15) is 11.6 Å². The number of ether oxygens (including phenoxy) is 1. The molecule has 1 saturated heterocycles. The number of anilines is 2. The first-order chi connectivity index (χ1) is 11.9. The summed E-state index contributed by atoms with van der Waals surface area (Å²) in [6, 6.07) is 12.2. The van der Waals surface area contributed by atoms with Gasteiger partial charge in [0.2, 0.25) is 0 Å². The van der Waals surface area contributed by atoms with Gasteiger partial charge in [-0.15, -0.1) is 0 Å². The number of piperazine rings is 1. The minimum absolute atomic E-state index is 0.904. The summed E-state index contributed by atoms with van der Waals surface area (Å²) in [5, 5.41) is 2.33. The highest BCUT2D eigenvalue weighted by molar-refractivity contribution is 5.97. The van der Waals surface area contributed by atoms with Gasteiger partial charge >= 0.3 is 0 Å². The number of aromatic nitrogens is 2. The van der Waals surface area contributed by atoms with Crippen molar-refractivity contribution in [1.82, 2.24) is 9.97 Å². The Bertz CT molecular complexity index is 829. The average molecular weight is 320 g/mol. The SMILES string of the molecule is COc1ccc2ccncc2c1N1CCN(c2ccccn2)CC1. The summed E-state index contributed by atoms with van der Waals surface area (Å²) in [6.45, 7) is 3.75. The second-order valence-corrected chi connectivity index (χ2v) is 5.88. The third kappa shape index (κ3) is 2.62. The van der Waals surface area contributed by atoms with E-state index < -0.39 is 0 Å². The minimum atomic E-state index is 0.904. The first kappa shape index (κ1) is 14.8. The van der Waals surface area contributed by atoms with Crippen LogP contribution in [-0.4, -0.2) is 43.3 Å². The number of hydrogen-bond acceptors (Lipinski definition) is 5. The first-order valence-corrected chi connectivity index (χ1v) is 8.18. The Morgan fingerprint density at radius 1 is 0.917 bits per heavy atom. The second kappa shape index (κ2) is 6.35. The predicted octanol–water partition coefficient (Wildman–Crippen LogP) is 2.97. The Kier molecular flexibility index (Phi) is 3.91. The fourth-order valence-corrected chi connectivity index (χ4v) is 3.32. The summed E-state index contributed by atoms with van der Waals surface area (Å²) in [5.41, 5.74) is 1.14. The summed E-state index contributed by atoms with van der Waals surface area (Å²) in [5.74, 6) is 1.95. The Balaban J connectivity index is 1.63. The summed E-state index contributed by atoms with van der Waals surface area (Å²) in [7, 11) is 1.73. The summed E-state index contributed by atoms with van der Waals surface area (Å²) in [6.07, 6.45) is 5.61. The number of benzene rings is 1. The lowest BCUT2D eigenvalue weighted by atomic mass is 10.1. The van der Waals surface area contributed by atoms with E-state index in [4.69, 9.17) is 4.74 Å². The highest BCUT2D eigenvalue weighted by atomic mass is 16.5. The molecule has 3 heterocycles.